The number of ether oxygens (including phenoxy) is 1. The highest BCUT2D eigenvalue weighted by Gasteiger charge is 2.13. The summed E-state index contributed by atoms with van der Waals surface area (Å²) in [6, 6.07) is 17.1. The van der Waals surface area contributed by atoms with Crippen LogP contribution in [0, 0.1) is 0 Å². The lowest BCUT2D eigenvalue weighted by atomic mass is 10.2. The van der Waals surface area contributed by atoms with E-state index in [1.807, 2.05) is 54.6 Å². The molecule has 1 N–H and O–H groups in total. The van der Waals surface area contributed by atoms with E-state index in [0.29, 0.717) is 12.3 Å². The number of nitrogens with one attached hydrogen (secondary N) is 1. The van der Waals surface area contributed by atoms with Crippen molar-refractivity contribution in [3.8, 4) is 5.75 Å². The minimum absolute atomic E-state index is 0.217. The zero-order valence-electron chi connectivity index (χ0n) is 13.2. The lowest BCUT2D eigenvalue weighted by molar-refractivity contribution is -0.131. The molecule has 2 rings (SSSR count). The SMILES string of the molecule is COc1ccccc1/C=N\O[C@@H](C)C(=O)NCc1ccccc1. The quantitative estimate of drug-likeness (QED) is 0.632. The molecule has 0 fully saturated rings. The van der Waals surface area contributed by atoms with E-state index in [0.717, 1.165) is 11.1 Å². The van der Waals surface area contributed by atoms with Crippen LogP contribution in [-0.4, -0.2) is 25.3 Å². The van der Waals surface area contributed by atoms with Crippen LogP contribution in [0.25, 0.3) is 0 Å². The largest absolute Gasteiger partial charge is 0.496 e. The van der Waals surface area contributed by atoms with Crippen LogP contribution in [0.5, 0.6) is 5.75 Å². The normalized spacial score (nSPS) is 11.9. The molecule has 2 aromatic rings. The third-order valence-electron chi connectivity index (χ3n) is 3.23. The van der Waals surface area contributed by atoms with Crippen molar-refractivity contribution in [3.63, 3.8) is 0 Å². The fourth-order valence-corrected chi connectivity index (χ4v) is 1.93. The van der Waals surface area contributed by atoms with Gasteiger partial charge in [0.2, 0.25) is 6.10 Å². The molecule has 0 saturated carbocycles. The van der Waals surface area contributed by atoms with Crippen molar-refractivity contribution < 1.29 is 14.4 Å². The van der Waals surface area contributed by atoms with Crippen molar-refractivity contribution in [3.05, 3.63) is 65.7 Å². The summed E-state index contributed by atoms with van der Waals surface area (Å²) in [6.45, 7) is 2.11. The van der Waals surface area contributed by atoms with Gasteiger partial charge >= 0.3 is 0 Å². The molecule has 2 aromatic carbocycles. The summed E-state index contributed by atoms with van der Waals surface area (Å²) < 4.78 is 5.21. The lowest BCUT2D eigenvalue weighted by Gasteiger charge is -2.10. The Morgan fingerprint density at radius 1 is 1.17 bits per heavy atom. The number of carbonyl (C=O) groups excluding carboxylic acids is 1. The average Bonchev–Trinajstić information content (AvgIpc) is 2.60. The molecule has 5 nitrogen and oxygen atoms in total. The van der Waals surface area contributed by atoms with Gasteiger partial charge in [0, 0.05) is 12.1 Å². The van der Waals surface area contributed by atoms with E-state index in [1.165, 1.54) is 6.21 Å². The van der Waals surface area contributed by atoms with Crippen LogP contribution in [0.3, 0.4) is 0 Å². The molecule has 1 atom stereocenters. The van der Waals surface area contributed by atoms with Gasteiger partial charge in [-0.25, -0.2) is 0 Å². The number of para-hydroxylation sites is 1. The molecule has 0 aliphatic heterocycles. The zero-order valence-corrected chi connectivity index (χ0v) is 13.2. The molecule has 0 spiro atoms. The standard InChI is InChI=1S/C18H20N2O3/c1-14(18(21)19-12-15-8-4-3-5-9-15)23-20-13-16-10-6-7-11-17(16)22-2/h3-11,13-14H,12H2,1-2H3,(H,19,21)/b20-13-/t14-/m0/s1. The Bertz CT molecular complexity index is 656. The second-order valence-electron chi connectivity index (χ2n) is 4.93. The van der Waals surface area contributed by atoms with Crippen molar-refractivity contribution in [2.45, 2.75) is 19.6 Å². The maximum Gasteiger partial charge on any atom is 0.263 e. The first-order valence-corrected chi connectivity index (χ1v) is 7.34. The van der Waals surface area contributed by atoms with Gasteiger partial charge in [0.15, 0.2) is 0 Å². The van der Waals surface area contributed by atoms with E-state index in [-0.39, 0.29) is 5.91 Å². The summed E-state index contributed by atoms with van der Waals surface area (Å²) in [5.74, 6) is 0.479. The van der Waals surface area contributed by atoms with Crippen LogP contribution in [0.2, 0.25) is 0 Å². The van der Waals surface area contributed by atoms with Gasteiger partial charge in [-0.15, -0.1) is 0 Å². The van der Waals surface area contributed by atoms with Gasteiger partial charge in [0.25, 0.3) is 5.91 Å². The van der Waals surface area contributed by atoms with E-state index < -0.39 is 6.10 Å². The molecule has 0 unspecified atom stereocenters. The number of rotatable bonds is 7. The minimum Gasteiger partial charge on any atom is -0.496 e. The Labute approximate surface area is 135 Å². The summed E-state index contributed by atoms with van der Waals surface area (Å²) in [7, 11) is 1.59. The third kappa shape index (κ3) is 5.14. The Morgan fingerprint density at radius 2 is 1.87 bits per heavy atom. The van der Waals surface area contributed by atoms with Gasteiger partial charge in [-0.3, -0.25) is 4.79 Å². The van der Waals surface area contributed by atoms with Crippen molar-refractivity contribution in [2.75, 3.05) is 7.11 Å². The maximum absolute atomic E-state index is 11.9. The van der Waals surface area contributed by atoms with E-state index >= 15 is 0 Å². The van der Waals surface area contributed by atoms with E-state index in [1.54, 1.807) is 14.0 Å². The monoisotopic (exact) mass is 312 g/mol. The van der Waals surface area contributed by atoms with Crippen LogP contribution in [-0.2, 0) is 16.2 Å². The zero-order chi connectivity index (χ0) is 16.5. The molecule has 0 radical (unpaired) electrons. The number of hydrogen-bond donors (Lipinski definition) is 1. The molecule has 0 heterocycles. The lowest BCUT2D eigenvalue weighted by Crippen LogP contribution is -2.33. The molecular weight excluding hydrogens is 292 g/mol. The van der Waals surface area contributed by atoms with Crippen molar-refractivity contribution >= 4 is 12.1 Å². The topological polar surface area (TPSA) is 59.9 Å². The molecule has 0 bridgehead atoms. The first kappa shape index (κ1) is 16.5. The summed E-state index contributed by atoms with van der Waals surface area (Å²) in [5, 5.41) is 6.67. The summed E-state index contributed by atoms with van der Waals surface area (Å²) in [6.07, 6.45) is 0.851. The van der Waals surface area contributed by atoms with Gasteiger partial charge in [0.1, 0.15) is 5.75 Å². The second-order valence-corrected chi connectivity index (χ2v) is 4.93. The number of benzene rings is 2. The third-order valence-corrected chi connectivity index (χ3v) is 3.23. The Balaban J connectivity index is 1.82. The molecule has 0 aliphatic carbocycles. The van der Waals surface area contributed by atoms with Crippen LogP contribution in [0.15, 0.2) is 59.8 Å². The molecule has 0 saturated heterocycles. The van der Waals surface area contributed by atoms with Gasteiger partial charge in [-0.2, -0.15) is 0 Å². The Kier molecular flexibility index (Phi) is 6.17. The molecular formula is C18H20N2O3. The molecule has 5 heteroatoms. The first-order valence-electron chi connectivity index (χ1n) is 7.34. The van der Waals surface area contributed by atoms with E-state index in [4.69, 9.17) is 9.57 Å². The van der Waals surface area contributed by atoms with Crippen molar-refractivity contribution in [1.82, 2.24) is 5.32 Å². The minimum atomic E-state index is -0.676. The fraction of sp³-hybridized carbons (Fsp3) is 0.222. The number of amides is 1. The number of oxime groups is 1. The average molecular weight is 312 g/mol. The summed E-state index contributed by atoms with van der Waals surface area (Å²) >= 11 is 0. The Hall–Kier alpha value is -2.82. The van der Waals surface area contributed by atoms with Crippen LogP contribution < -0.4 is 10.1 Å². The summed E-state index contributed by atoms with van der Waals surface area (Å²) in [5.41, 5.74) is 1.82. The highest BCUT2D eigenvalue weighted by atomic mass is 16.6. The highest BCUT2D eigenvalue weighted by Crippen LogP contribution is 2.14. The molecule has 23 heavy (non-hydrogen) atoms. The predicted octanol–water partition coefficient (Wildman–Crippen LogP) is 2.75. The molecule has 120 valence electrons. The van der Waals surface area contributed by atoms with Crippen LogP contribution >= 0.6 is 0 Å². The van der Waals surface area contributed by atoms with Crippen LogP contribution in [0.1, 0.15) is 18.1 Å². The number of nitrogens with zero attached hydrogens (tertiary/aromatic N) is 1. The van der Waals surface area contributed by atoms with Gasteiger partial charge in [-0.1, -0.05) is 47.6 Å². The van der Waals surface area contributed by atoms with Gasteiger partial charge in [0.05, 0.1) is 13.3 Å². The molecule has 1 amide bonds. The number of methoxy groups -OCH3 is 1. The fourth-order valence-electron chi connectivity index (χ4n) is 1.93. The number of hydrogen-bond acceptors (Lipinski definition) is 4. The molecule has 0 aliphatic rings. The van der Waals surface area contributed by atoms with Gasteiger partial charge < -0.3 is 14.9 Å². The van der Waals surface area contributed by atoms with Crippen molar-refractivity contribution in [1.29, 1.82) is 0 Å². The number of carbonyl (C=O) groups is 1. The van der Waals surface area contributed by atoms with E-state index in [2.05, 4.69) is 10.5 Å². The second kappa shape index (κ2) is 8.58. The Morgan fingerprint density at radius 3 is 2.61 bits per heavy atom. The molecule has 0 aromatic heterocycles. The highest BCUT2D eigenvalue weighted by molar-refractivity contribution is 5.83. The maximum atomic E-state index is 11.9. The van der Waals surface area contributed by atoms with Crippen LogP contribution in [0.4, 0.5) is 0 Å². The smallest absolute Gasteiger partial charge is 0.263 e. The van der Waals surface area contributed by atoms with Gasteiger partial charge in [-0.05, 0) is 24.6 Å². The predicted molar refractivity (Wildman–Crippen MR) is 89.4 cm³/mol. The summed E-state index contributed by atoms with van der Waals surface area (Å²) in [4.78, 5) is 17.1. The van der Waals surface area contributed by atoms with E-state index in [9.17, 15) is 4.79 Å². The first-order chi connectivity index (χ1) is 11.2. The van der Waals surface area contributed by atoms with Crippen molar-refractivity contribution in [2.24, 2.45) is 5.16 Å².